The van der Waals surface area contributed by atoms with E-state index in [0.29, 0.717) is 32.1 Å². The monoisotopic (exact) mass is 316 g/mol. The fourth-order valence-electron chi connectivity index (χ4n) is 1.54. The highest BCUT2D eigenvalue weighted by Crippen LogP contribution is 2.32. The molecule has 0 saturated heterocycles. The fraction of sp³-hybridized carbons (Fsp3) is 0.154. The molecule has 100 valence electrons. The van der Waals surface area contributed by atoms with Crippen LogP contribution < -0.4 is 5.73 Å². The number of hydrogen-bond acceptors (Lipinski definition) is 3. The van der Waals surface area contributed by atoms with Gasteiger partial charge in [0, 0.05) is 32.6 Å². The van der Waals surface area contributed by atoms with Gasteiger partial charge in [0.05, 0.1) is 0 Å². The number of halogens is 3. The van der Waals surface area contributed by atoms with Gasteiger partial charge in [-0.3, -0.25) is 0 Å². The van der Waals surface area contributed by atoms with Gasteiger partial charge in [-0.1, -0.05) is 23.2 Å². The van der Waals surface area contributed by atoms with Gasteiger partial charge < -0.3 is 5.73 Å². The van der Waals surface area contributed by atoms with Crippen LogP contribution in [0.5, 0.6) is 0 Å². The Hall–Kier alpha value is -0.970. The Morgan fingerprint density at radius 3 is 2.68 bits per heavy atom. The van der Waals surface area contributed by atoms with Gasteiger partial charge in [0.25, 0.3) is 0 Å². The SMILES string of the molecule is Cc1cc(Cl)c(CSc2ccc(N)cc2F)c(Cl)n1. The van der Waals surface area contributed by atoms with Gasteiger partial charge in [0.2, 0.25) is 0 Å². The molecule has 0 radical (unpaired) electrons. The predicted octanol–water partition coefficient (Wildman–Crippen LogP) is 4.71. The minimum atomic E-state index is -0.350. The molecule has 0 fully saturated rings. The number of nitrogen functional groups attached to an aromatic ring is 1. The van der Waals surface area contributed by atoms with E-state index in [1.165, 1.54) is 17.8 Å². The molecular weight excluding hydrogens is 306 g/mol. The van der Waals surface area contributed by atoms with Gasteiger partial charge in [0.15, 0.2) is 0 Å². The predicted molar refractivity (Wildman–Crippen MR) is 79.4 cm³/mol. The molecular formula is C13H11Cl2FN2S. The quantitative estimate of drug-likeness (QED) is 0.506. The van der Waals surface area contributed by atoms with E-state index in [1.54, 1.807) is 18.2 Å². The van der Waals surface area contributed by atoms with Crippen LogP contribution in [0.15, 0.2) is 29.2 Å². The van der Waals surface area contributed by atoms with E-state index in [4.69, 9.17) is 28.9 Å². The van der Waals surface area contributed by atoms with Crippen LogP contribution in [-0.4, -0.2) is 4.98 Å². The van der Waals surface area contributed by atoms with E-state index < -0.39 is 0 Å². The topological polar surface area (TPSA) is 38.9 Å². The van der Waals surface area contributed by atoms with Crippen LogP contribution >= 0.6 is 35.0 Å². The highest BCUT2D eigenvalue weighted by Gasteiger charge is 2.11. The zero-order valence-corrected chi connectivity index (χ0v) is 12.4. The lowest BCUT2D eigenvalue weighted by atomic mass is 10.3. The van der Waals surface area contributed by atoms with Crippen LogP contribution in [0, 0.1) is 12.7 Å². The summed E-state index contributed by atoms with van der Waals surface area (Å²) in [4.78, 5) is 4.64. The molecule has 0 bridgehead atoms. The minimum Gasteiger partial charge on any atom is -0.399 e. The van der Waals surface area contributed by atoms with Crippen LogP contribution in [0.4, 0.5) is 10.1 Å². The number of thioether (sulfide) groups is 1. The average Bonchev–Trinajstić information content (AvgIpc) is 2.30. The van der Waals surface area contributed by atoms with Crippen molar-refractivity contribution in [2.45, 2.75) is 17.6 Å². The van der Waals surface area contributed by atoms with E-state index in [-0.39, 0.29) is 5.82 Å². The van der Waals surface area contributed by atoms with E-state index in [1.807, 2.05) is 6.92 Å². The molecule has 0 aliphatic rings. The summed E-state index contributed by atoms with van der Waals surface area (Å²) in [6.45, 7) is 1.81. The molecule has 1 heterocycles. The van der Waals surface area contributed by atoms with Gasteiger partial charge in [-0.15, -0.1) is 11.8 Å². The van der Waals surface area contributed by atoms with Crippen molar-refractivity contribution in [2.75, 3.05) is 5.73 Å². The van der Waals surface area contributed by atoms with Crippen LogP contribution in [0.1, 0.15) is 11.3 Å². The summed E-state index contributed by atoms with van der Waals surface area (Å²) >= 11 is 13.5. The van der Waals surface area contributed by atoms with Crippen LogP contribution in [0.2, 0.25) is 10.2 Å². The minimum absolute atomic E-state index is 0.350. The molecule has 0 aliphatic heterocycles. The normalized spacial score (nSPS) is 10.7. The summed E-state index contributed by atoms with van der Waals surface area (Å²) in [5, 5.41) is 0.897. The molecule has 0 amide bonds. The first-order chi connectivity index (χ1) is 8.97. The van der Waals surface area contributed by atoms with Crippen LogP contribution in [0.25, 0.3) is 0 Å². The first-order valence-electron chi connectivity index (χ1n) is 5.46. The molecule has 19 heavy (non-hydrogen) atoms. The number of nitrogens with zero attached hydrogens (tertiary/aromatic N) is 1. The Labute approximate surface area is 125 Å². The van der Waals surface area contributed by atoms with Crippen LogP contribution in [-0.2, 0) is 5.75 Å². The maximum absolute atomic E-state index is 13.6. The Balaban J connectivity index is 2.19. The summed E-state index contributed by atoms with van der Waals surface area (Å²) in [6.07, 6.45) is 0. The number of pyridine rings is 1. The maximum atomic E-state index is 13.6. The number of nitrogens with two attached hydrogens (primary N) is 1. The van der Waals surface area contributed by atoms with Crippen molar-refractivity contribution in [2.24, 2.45) is 0 Å². The summed E-state index contributed by atoms with van der Waals surface area (Å²) in [5.74, 6) is 0.100. The van der Waals surface area contributed by atoms with Crippen molar-refractivity contribution in [3.63, 3.8) is 0 Å². The fourth-order valence-corrected chi connectivity index (χ4v) is 3.31. The Bertz CT molecular complexity index is 597. The number of benzene rings is 1. The largest absolute Gasteiger partial charge is 0.399 e. The number of aryl methyl sites for hydroxylation is 1. The standard InChI is InChI=1S/C13H11Cl2FN2S/c1-7-4-10(14)9(13(15)18-7)6-19-12-3-2-8(17)5-11(12)16/h2-5H,6,17H2,1H3. The molecule has 0 atom stereocenters. The summed E-state index contributed by atoms with van der Waals surface area (Å²) in [7, 11) is 0. The van der Waals surface area contributed by atoms with Crippen molar-refractivity contribution >= 4 is 40.7 Å². The Morgan fingerprint density at radius 2 is 2.05 bits per heavy atom. The average molecular weight is 317 g/mol. The maximum Gasteiger partial charge on any atom is 0.138 e. The first-order valence-corrected chi connectivity index (χ1v) is 7.21. The van der Waals surface area contributed by atoms with Crippen molar-refractivity contribution < 1.29 is 4.39 Å². The van der Waals surface area contributed by atoms with Gasteiger partial charge in [-0.05, 0) is 31.2 Å². The molecule has 0 saturated carbocycles. The highest BCUT2D eigenvalue weighted by molar-refractivity contribution is 7.98. The molecule has 1 aromatic heterocycles. The molecule has 1 aromatic carbocycles. The molecule has 0 aliphatic carbocycles. The van der Waals surface area contributed by atoms with Gasteiger partial charge in [-0.2, -0.15) is 0 Å². The van der Waals surface area contributed by atoms with Gasteiger partial charge in [0.1, 0.15) is 11.0 Å². The second-order valence-corrected chi connectivity index (χ2v) is 5.78. The molecule has 2 N–H and O–H groups in total. The molecule has 0 unspecified atom stereocenters. The van der Waals surface area contributed by atoms with Crippen LogP contribution in [0.3, 0.4) is 0 Å². The molecule has 2 aromatic rings. The van der Waals surface area contributed by atoms with Crippen molar-refractivity contribution in [1.82, 2.24) is 4.98 Å². The summed E-state index contributed by atoms with van der Waals surface area (Å²) in [6, 6.07) is 6.32. The third-order valence-corrected chi connectivity index (χ3v) is 4.20. The van der Waals surface area contributed by atoms with Gasteiger partial charge in [-0.25, -0.2) is 9.37 Å². The van der Waals surface area contributed by atoms with E-state index in [0.717, 1.165) is 5.69 Å². The van der Waals surface area contributed by atoms with E-state index >= 15 is 0 Å². The number of rotatable bonds is 3. The second-order valence-electron chi connectivity index (χ2n) is 3.99. The third kappa shape index (κ3) is 3.53. The lowest BCUT2D eigenvalue weighted by Gasteiger charge is -2.08. The second kappa shape index (κ2) is 5.99. The number of aromatic nitrogens is 1. The van der Waals surface area contributed by atoms with Crippen molar-refractivity contribution in [1.29, 1.82) is 0 Å². The van der Waals surface area contributed by atoms with Gasteiger partial charge >= 0.3 is 0 Å². The zero-order chi connectivity index (χ0) is 14.0. The smallest absolute Gasteiger partial charge is 0.138 e. The summed E-state index contributed by atoms with van der Waals surface area (Å²) < 4.78 is 13.6. The number of hydrogen-bond donors (Lipinski definition) is 1. The van der Waals surface area contributed by atoms with E-state index in [9.17, 15) is 4.39 Å². The molecule has 6 heteroatoms. The molecule has 0 spiro atoms. The zero-order valence-electron chi connectivity index (χ0n) is 10.1. The molecule has 2 nitrogen and oxygen atoms in total. The third-order valence-electron chi connectivity index (χ3n) is 2.48. The lowest BCUT2D eigenvalue weighted by molar-refractivity contribution is 0.603. The summed E-state index contributed by atoms with van der Waals surface area (Å²) in [5.41, 5.74) is 7.35. The first kappa shape index (κ1) is 14.4. The Kier molecular flexibility index (Phi) is 4.55. The highest BCUT2D eigenvalue weighted by atomic mass is 35.5. The lowest BCUT2D eigenvalue weighted by Crippen LogP contribution is -1.93. The van der Waals surface area contributed by atoms with Crippen molar-refractivity contribution in [3.8, 4) is 0 Å². The Morgan fingerprint density at radius 1 is 1.32 bits per heavy atom. The van der Waals surface area contributed by atoms with E-state index in [2.05, 4.69) is 4.98 Å². The van der Waals surface area contributed by atoms with Crippen molar-refractivity contribution in [3.05, 3.63) is 51.5 Å². The molecule has 2 rings (SSSR count). The number of anilines is 1.